The van der Waals surface area contributed by atoms with Crippen molar-refractivity contribution >= 4 is 23.0 Å². The van der Waals surface area contributed by atoms with Gasteiger partial charge in [0.05, 0.1) is 11.6 Å². The second kappa shape index (κ2) is 7.28. The molecule has 0 spiro atoms. The number of anilines is 3. The fraction of sp³-hybridized carbons (Fsp3) is 0. The molecule has 0 bridgehead atoms. The van der Waals surface area contributed by atoms with Gasteiger partial charge in [-0.05, 0) is 60.7 Å². The van der Waals surface area contributed by atoms with E-state index in [2.05, 4.69) is 16.7 Å². The van der Waals surface area contributed by atoms with Crippen LogP contribution in [0.1, 0.15) is 15.9 Å². The lowest BCUT2D eigenvalue weighted by atomic mass is 10.2. The van der Waals surface area contributed by atoms with Gasteiger partial charge in [0.2, 0.25) is 0 Å². The summed E-state index contributed by atoms with van der Waals surface area (Å²) >= 11 is 0. The van der Waals surface area contributed by atoms with Gasteiger partial charge in [-0.3, -0.25) is 4.79 Å². The maximum Gasteiger partial charge on any atom is 0.255 e. The van der Waals surface area contributed by atoms with Crippen molar-refractivity contribution in [3.05, 3.63) is 89.7 Å². The highest BCUT2D eigenvalue weighted by molar-refractivity contribution is 6.04. The van der Waals surface area contributed by atoms with Crippen LogP contribution in [-0.4, -0.2) is 5.91 Å². The normalized spacial score (nSPS) is 9.92. The number of nitriles is 1. The third-order valence-corrected chi connectivity index (χ3v) is 3.51. The Labute approximate surface area is 144 Å². The van der Waals surface area contributed by atoms with Crippen molar-refractivity contribution in [2.24, 2.45) is 0 Å². The van der Waals surface area contributed by atoms with Crippen LogP contribution in [0.5, 0.6) is 0 Å². The average molecular weight is 331 g/mol. The molecular weight excluding hydrogens is 317 g/mol. The molecule has 0 atom stereocenters. The average Bonchev–Trinajstić information content (AvgIpc) is 2.63. The van der Waals surface area contributed by atoms with E-state index in [0.717, 1.165) is 11.4 Å². The third-order valence-electron chi connectivity index (χ3n) is 3.51. The Morgan fingerprint density at radius 1 is 0.880 bits per heavy atom. The summed E-state index contributed by atoms with van der Waals surface area (Å²) in [6.45, 7) is 0. The highest BCUT2D eigenvalue weighted by Gasteiger charge is 2.07. The Kier molecular flexibility index (Phi) is 4.72. The largest absolute Gasteiger partial charge is 0.355 e. The molecule has 0 aromatic heterocycles. The van der Waals surface area contributed by atoms with Crippen LogP contribution in [-0.2, 0) is 0 Å². The molecule has 0 aliphatic heterocycles. The summed E-state index contributed by atoms with van der Waals surface area (Å²) in [7, 11) is 0. The number of nitrogens with zero attached hydrogens (tertiary/aromatic N) is 1. The van der Waals surface area contributed by atoms with E-state index in [-0.39, 0.29) is 11.5 Å². The van der Waals surface area contributed by atoms with Crippen LogP contribution in [0.15, 0.2) is 72.8 Å². The van der Waals surface area contributed by atoms with Crippen LogP contribution < -0.4 is 10.6 Å². The molecule has 3 rings (SSSR count). The van der Waals surface area contributed by atoms with Gasteiger partial charge < -0.3 is 10.6 Å². The van der Waals surface area contributed by atoms with Gasteiger partial charge in [-0.15, -0.1) is 0 Å². The Hall–Kier alpha value is -3.65. The molecule has 4 nitrogen and oxygen atoms in total. The van der Waals surface area contributed by atoms with Gasteiger partial charge in [0.1, 0.15) is 5.82 Å². The van der Waals surface area contributed by atoms with Gasteiger partial charge in [0, 0.05) is 22.6 Å². The molecule has 25 heavy (non-hydrogen) atoms. The zero-order valence-corrected chi connectivity index (χ0v) is 13.2. The Bertz CT molecular complexity index is 946. The molecular formula is C20H14FN3O. The van der Waals surface area contributed by atoms with E-state index in [1.807, 2.05) is 6.07 Å². The van der Waals surface area contributed by atoms with Crippen molar-refractivity contribution < 1.29 is 9.18 Å². The highest BCUT2D eigenvalue weighted by atomic mass is 19.1. The number of hydrogen-bond donors (Lipinski definition) is 2. The quantitative estimate of drug-likeness (QED) is 0.729. The highest BCUT2D eigenvalue weighted by Crippen LogP contribution is 2.20. The van der Waals surface area contributed by atoms with Crippen LogP contribution in [0.3, 0.4) is 0 Å². The second-order valence-corrected chi connectivity index (χ2v) is 5.36. The molecule has 5 heteroatoms. The first kappa shape index (κ1) is 16.2. The number of amides is 1. The molecule has 0 unspecified atom stereocenters. The predicted octanol–water partition coefficient (Wildman–Crippen LogP) is 4.69. The van der Waals surface area contributed by atoms with Crippen molar-refractivity contribution in [1.82, 2.24) is 0 Å². The molecule has 2 N–H and O–H groups in total. The van der Waals surface area contributed by atoms with Crippen molar-refractivity contribution in [2.75, 3.05) is 10.6 Å². The molecule has 0 saturated carbocycles. The minimum absolute atomic E-state index is 0.260. The molecule has 122 valence electrons. The van der Waals surface area contributed by atoms with Crippen LogP contribution >= 0.6 is 0 Å². The zero-order chi connectivity index (χ0) is 17.6. The van der Waals surface area contributed by atoms with Crippen molar-refractivity contribution in [2.45, 2.75) is 0 Å². The molecule has 0 aliphatic carbocycles. The topological polar surface area (TPSA) is 64.9 Å². The number of hydrogen-bond acceptors (Lipinski definition) is 3. The molecule has 0 radical (unpaired) electrons. The summed E-state index contributed by atoms with van der Waals surface area (Å²) < 4.78 is 13.2. The van der Waals surface area contributed by atoms with E-state index < -0.39 is 5.82 Å². The molecule has 0 saturated heterocycles. The van der Waals surface area contributed by atoms with E-state index >= 15 is 0 Å². The Balaban J connectivity index is 1.68. The number of halogens is 1. The van der Waals surface area contributed by atoms with Gasteiger partial charge in [-0.25, -0.2) is 4.39 Å². The van der Waals surface area contributed by atoms with E-state index in [1.54, 1.807) is 48.5 Å². The number of carbonyl (C=O) groups excluding carboxylic acids is 1. The Morgan fingerprint density at radius 3 is 2.32 bits per heavy atom. The molecule has 3 aromatic carbocycles. The summed E-state index contributed by atoms with van der Waals surface area (Å²) in [5.41, 5.74) is 3.06. The number of benzene rings is 3. The van der Waals surface area contributed by atoms with Crippen molar-refractivity contribution in [3.63, 3.8) is 0 Å². The fourth-order valence-corrected chi connectivity index (χ4v) is 2.30. The van der Waals surface area contributed by atoms with Gasteiger partial charge in [-0.2, -0.15) is 5.26 Å². The lowest BCUT2D eigenvalue weighted by Crippen LogP contribution is -2.11. The molecule has 0 fully saturated rings. The lowest BCUT2D eigenvalue weighted by Gasteiger charge is -2.09. The molecule has 1 amide bonds. The fourth-order valence-electron chi connectivity index (χ4n) is 2.30. The summed E-state index contributed by atoms with van der Waals surface area (Å²) in [6, 6.07) is 21.9. The first-order valence-corrected chi connectivity index (χ1v) is 7.58. The lowest BCUT2D eigenvalue weighted by molar-refractivity contribution is 0.102. The van der Waals surface area contributed by atoms with E-state index in [9.17, 15) is 9.18 Å². The second-order valence-electron chi connectivity index (χ2n) is 5.36. The minimum Gasteiger partial charge on any atom is -0.355 e. The molecule has 0 heterocycles. The molecule has 3 aromatic rings. The molecule has 0 aliphatic rings. The monoisotopic (exact) mass is 331 g/mol. The number of carbonyl (C=O) groups is 1. The van der Waals surface area contributed by atoms with Crippen LogP contribution in [0.4, 0.5) is 21.5 Å². The summed E-state index contributed by atoms with van der Waals surface area (Å²) in [5, 5.41) is 14.8. The first-order valence-electron chi connectivity index (χ1n) is 7.58. The van der Waals surface area contributed by atoms with Crippen molar-refractivity contribution in [1.29, 1.82) is 5.26 Å². The SMILES string of the molecule is N#Cc1cccc(Nc2ccc(NC(=O)c3cccc(F)c3)cc2)c1. The van der Waals surface area contributed by atoms with E-state index in [1.165, 1.54) is 18.2 Å². The summed E-state index contributed by atoms with van der Waals surface area (Å²) in [6.07, 6.45) is 0. The maximum absolute atomic E-state index is 13.2. The summed E-state index contributed by atoms with van der Waals surface area (Å²) in [4.78, 5) is 12.1. The van der Waals surface area contributed by atoms with Gasteiger partial charge >= 0.3 is 0 Å². The van der Waals surface area contributed by atoms with Crippen LogP contribution in [0.25, 0.3) is 0 Å². The predicted molar refractivity (Wildman–Crippen MR) is 95.2 cm³/mol. The van der Waals surface area contributed by atoms with Crippen molar-refractivity contribution in [3.8, 4) is 6.07 Å². The summed E-state index contributed by atoms with van der Waals surface area (Å²) in [5.74, 6) is -0.825. The third kappa shape index (κ3) is 4.21. The van der Waals surface area contributed by atoms with Crippen LogP contribution in [0.2, 0.25) is 0 Å². The zero-order valence-electron chi connectivity index (χ0n) is 13.2. The van der Waals surface area contributed by atoms with Gasteiger partial charge in [0.25, 0.3) is 5.91 Å². The first-order chi connectivity index (χ1) is 12.1. The smallest absolute Gasteiger partial charge is 0.255 e. The number of rotatable bonds is 4. The van der Waals surface area contributed by atoms with E-state index in [0.29, 0.717) is 11.3 Å². The van der Waals surface area contributed by atoms with Gasteiger partial charge in [-0.1, -0.05) is 12.1 Å². The van der Waals surface area contributed by atoms with E-state index in [4.69, 9.17) is 5.26 Å². The number of nitrogens with one attached hydrogen (secondary N) is 2. The van der Waals surface area contributed by atoms with Crippen LogP contribution in [0, 0.1) is 17.1 Å². The Morgan fingerprint density at radius 2 is 1.60 bits per heavy atom. The van der Waals surface area contributed by atoms with Gasteiger partial charge in [0.15, 0.2) is 0 Å². The maximum atomic E-state index is 13.2. The standard InChI is InChI=1S/C20H14FN3O/c21-16-5-2-4-15(12-16)20(25)24-18-9-7-17(8-10-18)23-19-6-1-3-14(11-19)13-22/h1-12,23H,(H,24,25). The minimum atomic E-state index is -0.452.